The van der Waals surface area contributed by atoms with Gasteiger partial charge in [-0.1, -0.05) is 54.6 Å². The minimum absolute atomic E-state index is 0.0322. The second-order valence-corrected chi connectivity index (χ2v) is 14.7. The van der Waals surface area contributed by atoms with Crippen molar-refractivity contribution >= 4 is 23.9 Å². The highest BCUT2D eigenvalue weighted by molar-refractivity contribution is 5.94. The van der Waals surface area contributed by atoms with Crippen LogP contribution in [-0.4, -0.2) is 68.3 Å². The summed E-state index contributed by atoms with van der Waals surface area (Å²) in [5.74, 6) is -1.90. The predicted molar refractivity (Wildman–Crippen MR) is 188 cm³/mol. The molecule has 3 unspecified atom stereocenters. The Labute approximate surface area is 294 Å². The maximum atomic E-state index is 14.8. The van der Waals surface area contributed by atoms with E-state index in [1.165, 1.54) is 29.2 Å². The van der Waals surface area contributed by atoms with Gasteiger partial charge in [0.05, 0.1) is 0 Å². The van der Waals surface area contributed by atoms with Crippen LogP contribution in [0.3, 0.4) is 0 Å². The average molecular weight is 688 g/mol. The summed E-state index contributed by atoms with van der Waals surface area (Å²) in [6, 6.07) is 17.6. The van der Waals surface area contributed by atoms with E-state index >= 15 is 0 Å². The van der Waals surface area contributed by atoms with E-state index in [0.717, 1.165) is 12.0 Å². The van der Waals surface area contributed by atoms with E-state index in [1.54, 1.807) is 65.8 Å². The van der Waals surface area contributed by atoms with E-state index in [2.05, 4.69) is 10.6 Å². The number of carbonyl (C=O) groups is 4. The van der Waals surface area contributed by atoms with Crippen LogP contribution in [0, 0.1) is 0 Å². The van der Waals surface area contributed by atoms with Crippen LogP contribution in [0.5, 0.6) is 11.5 Å². The molecule has 4 N–H and O–H groups in total. The van der Waals surface area contributed by atoms with Crippen molar-refractivity contribution in [2.45, 2.75) is 109 Å². The molecule has 1 saturated carbocycles. The monoisotopic (exact) mass is 687 g/mol. The van der Waals surface area contributed by atoms with Crippen LogP contribution in [0.25, 0.3) is 0 Å². The summed E-state index contributed by atoms with van der Waals surface area (Å²) in [6.07, 6.45) is 1.38. The number of hydrogen-bond donors (Lipinski definition) is 4. The predicted octanol–water partition coefficient (Wildman–Crippen LogP) is 5.73. The number of ether oxygens (including phenoxy) is 2. The minimum Gasteiger partial charge on any atom is -0.508 e. The standard InChI is InChI=1S/C39H49N3O8/c1-38(2,3)49-36(47)32(23-25-12-8-7-9-13-25)40-34(45)33(27-14-10-17-30(44)24-27)42(28-15-11-16-28)35(46)31(41-37(48)50-39(4,5)6)22-26-18-20-29(43)21-19-26/h7-10,12-14,17-21,24,28,31-33,43-44H,11,15-16,22-23H2,1-6H3,(H,40,45)(H,41,48). The highest BCUT2D eigenvalue weighted by Crippen LogP contribution is 2.35. The Bertz CT molecular complexity index is 1630. The van der Waals surface area contributed by atoms with Crippen molar-refractivity contribution in [2.24, 2.45) is 0 Å². The van der Waals surface area contributed by atoms with Crippen LogP contribution in [-0.2, 0) is 36.7 Å². The molecule has 11 nitrogen and oxygen atoms in total. The Hall–Kier alpha value is -5.06. The SMILES string of the molecule is CC(C)(C)OC(=O)NC(Cc1ccc(O)cc1)C(=O)N(C1CCC1)C(C(=O)NC(Cc1ccccc1)C(=O)OC(C)(C)C)c1cccc(O)c1. The van der Waals surface area contributed by atoms with Crippen LogP contribution < -0.4 is 10.6 Å². The zero-order valence-corrected chi connectivity index (χ0v) is 29.6. The van der Waals surface area contributed by atoms with Crippen LogP contribution in [0.4, 0.5) is 4.79 Å². The fourth-order valence-corrected chi connectivity index (χ4v) is 5.68. The lowest BCUT2D eigenvalue weighted by atomic mass is 9.87. The van der Waals surface area contributed by atoms with Gasteiger partial charge in [-0.05, 0) is 102 Å². The number of alkyl carbamates (subject to hydrolysis) is 1. The maximum Gasteiger partial charge on any atom is 0.408 e. The molecule has 11 heteroatoms. The van der Waals surface area contributed by atoms with Gasteiger partial charge >= 0.3 is 12.1 Å². The summed E-state index contributed by atoms with van der Waals surface area (Å²) in [7, 11) is 0. The molecule has 3 aromatic rings. The van der Waals surface area contributed by atoms with Crippen molar-refractivity contribution in [3.8, 4) is 11.5 Å². The quantitative estimate of drug-likeness (QED) is 0.176. The van der Waals surface area contributed by atoms with Gasteiger partial charge in [-0.2, -0.15) is 0 Å². The summed E-state index contributed by atoms with van der Waals surface area (Å²) in [6.45, 7) is 10.4. The summed E-state index contributed by atoms with van der Waals surface area (Å²) < 4.78 is 11.2. The molecule has 0 bridgehead atoms. The van der Waals surface area contributed by atoms with Crippen LogP contribution in [0.2, 0.25) is 0 Å². The Morgan fingerprint density at radius 2 is 1.34 bits per heavy atom. The van der Waals surface area contributed by atoms with Crippen LogP contribution in [0.15, 0.2) is 78.9 Å². The second kappa shape index (κ2) is 16.1. The zero-order valence-electron chi connectivity index (χ0n) is 29.6. The molecule has 4 rings (SSSR count). The summed E-state index contributed by atoms with van der Waals surface area (Å²) in [4.78, 5) is 57.6. The van der Waals surface area contributed by atoms with Crippen molar-refractivity contribution in [1.29, 1.82) is 0 Å². The largest absolute Gasteiger partial charge is 0.508 e. The maximum absolute atomic E-state index is 14.8. The number of benzene rings is 3. The molecule has 0 heterocycles. The number of nitrogens with one attached hydrogen (secondary N) is 2. The number of phenolic OH excluding ortho intramolecular Hbond substituents is 2. The summed E-state index contributed by atoms with van der Waals surface area (Å²) >= 11 is 0. The molecule has 0 aromatic heterocycles. The molecule has 3 amide bonds. The van der Waals surface area contributed by atoms with Crippen molar-refractivity contribution in [1.82, 2.24) is 15.5 Å². The lowest BCUT2D eigenvalue weighted by Gasteiger charge is -2.44. The number of amides is 3. The number of carbonyl (C=O) groups excluding carboxylic acids is 4. The minimum atomic E-state index is -1.29. The van der Waals surface area contributed by atoms with Gasteiger partial charge < -0.3 is 35.2 Å². The Balaban J connectivity index is 1.77. The van der Waals surface area contributed by atoms with Crippen LogP contribution >= 0.6 is 0 Å². The molecule has 0 aliphatic heterocycles. The van der Waals surface area contributed by atoms with Gasteiger partial charge in [0.1, 0.15) is 40.8 Å². The number of hydrogen-bond acceptors (Lipinski definition) is 8. The van der Waals surface area contributed by atoms with E-state index in [4.69, 9.17) is 9.47 Å². The van der Waals surface area contributed by atoms with Gasteiger partial charge in [0.15, 0.2) is 0 Å². The molecule has 3 atom stereocenters. The molecule has 0 spiro atoms. The molecule has 3 aromatic carbocycles. The zero-order chi connectivity index (χ0) is 36.6. The fourth-order valence-electron chi connectivity index (χ4n) is 5.68. The first-order valence-electron chi connectivity index (χ1n) is 16.9. The van der Waals surface area contributed by atoms with Crippen LogP contribution in [0.1, 0.15) is 83.5 Å². The molecule has 50 heavy (non-hydrogen) atoms. The van der Waals surface area contributed by atoms with Gasteiger partial charge in [0.2, 0.25) is 11.8 Å². The molecule has 0 saturated heterocycles. The summed E-state index contributed by atoms with van der Waals surface area (Å²) in [5.41, 5.74) is 0.0935. The van der Waals surface area contributed by atoms with Gasteiger partial charge in [-0.25, -0.2) is 9.59 Å². The number of rotatable bonds is 12. The first kappa shape index (κ1) is 37.8. The fraction of sp³-hybridized carbons (Fsp3) is 0.436. The Morgan fingerprint density at radius 3 is 1.90 bits per heavy atom. The topological polar surface area (TPSA) is 154 Å². The van der Waals surface area contributed by atoms with E-state index < -0.39 is 53.2 Å². The lowest BCUT2D eigenvalue weighted by Crippen LogP contribution is -2.59. The van der Waals surface area contributed by atoms with Gasteiger partial charge in [-0.15, -0.1) is 0 Å². The number of aromatic hydroxyl groups is 2. The number of phenols is 2. The molecular weight excluding hydrogens is 638 g/mol. The third kappa shape index (κ3) is 11.0. The number of esters is 1. The normalized spacial score (nSPS) is 15.1. The third-order valence-electron chi connectivity index (χ3n) is 8.09. The van der Waals surface area contributed by atoms with E-state index in [-0.39, 0.29) is 30.4 Å². The average Bonchev–Trinajstić information content (AvgIpc) is 2.99. The first-order chi connectivity index (χ1) is 23.5. The lowest BCUT2D eigenvalue weighted by molar-refractivity contribution is -0.159. The Kier molecular flexibility index (Phi) is 12.2. The number of nitrogens with zero attached hydrogens (tertiary/aromatic N) is 1. The summed E-state index contributed by atoms with van der Waals surface area (Å²) in [5, 5.41) is 26.0. The van der Waals surface area contributed by atoms with Crippen molar-refractivity contribution in [3.63, 3.8) is 0 Å². The van der Waals surface area contributed by atoms with E-state index in [0.29, 0.717) is 24.0 Å². The first-order valence-corrected chi connectivity index (χ1v) is 16.9. The third-order valence-corrected chi connectivity index (χ3v) is 8.09. The molecular formula is C39H49N3O8. The molecule has 1 fully saturated rings. The van der Waals surface area contributed by atoms with Crippen molar-refractivity contribution < 1.29 is 38.9 Å². The van der Waals surface area contributed by atoms with Crippen molar-refractivity contribution in [3.05, 3.63) is 95.6 Å². The van der Waals surface area contributed by atoms with Crippen molar-refractivity contribution in [2.75, 3.05) is 0 Å². The van der Waals surface area contributed by atoms with Gasteiger partial charge in [0, 0.05) is 18.9 Å². The second-order valence-electron chi connectivity index (χ2n) is 14.7. The highest BCUT2D eigenvalue weighted by atomic mass is 16.6. The Morgan fingerprint density at radius 1 is 0.740 bits per heavy atom. The van der Waals surface area contributed by atoms with E-state index in [9.17, 15) is 29.4 Å². The highest BCUT2D eigenvalue weighted by Gasteiger charge is 2.43. The van der Waals surface area contributed by atoms with Gasteiger partial charge in [-0.3, -0.25) is 9.59 Å². The smallest absolute Gasteiger partial charge is 0.408 e. The molecule has 1 aliphatic rings. The molecule has 268 valence electrons. The molecule has 1 aliphatic carbocycles. The van der Waals surface area contributed by atoms with E-state index in [1.807, 2.05) is 30.3 Å². The molecule has 0 radical (unpaired) electrons. The van der Waals surface area contributed by atoms with Gasteiger partial charge in [0.25, 0.3) is 0 Å².